The molecule has 0 spiro atoms. The van der Waals surface area contributed by atoms with E-state index in [4.69, 9.17) is 15.2 Å². The van der Waals surface area contributed by atoms with Gasteiger partial charge in [-0.3, -0.25) is 0 Å². The number of rotatable bonds is 8. The topological polar surface area (TPSA) is 94.8 Å². The van der Waals surface area contributed by atoms with E-state index >= 15 is 0 Å². The van der Waals surface area contributed by atoms with E-state index < -0.39 is 0 Å². The summed E-state index contributed by atoms with van der Waals surface area (Å²) in [4.78, 5) is 0. The quantitative estimate of drug-likeness (QED) is 0.575. The zero-order valence-electron chi connectivity index (χ0n) is 15.1. The van der Waals surface area contributed by atoms with Crippen molar-refractivity contribution in [1.82, 2.24) is 10.1 Å². The molecule has 2 aromatic rings. The summed E-state index contributed by atoms with van der Waals surface area (Å²) in [6, 6.07) is 10.2. The maximum absolute atomic E-state index is 10.3. The molecule has 27 heavy (non-hydrogen) atoms. The van der Waals surface area contributed by atoms with Gasteiger partial charge in [-0.05, 0) is 0 Å². The van der Waals surface area contributed by atoms with Gasteiger partial charge in [0, 0.05) is 0 Å². The minimum absolute atomic E-state index is 0.0198. The van der Waals surface area contributed by atoms with E-state index in [0.717, 1.165) is 0 Å². The molecule has 0 saturated carbocycles. The molecule has 0 heterocycles. The Bertz CT molecular complexity index is 850. The van der Waals surface area contributed by atoms with Gasteiger partial charge in [0.15, 0.2) is 0 Å². The van der Waals surface area contributed by atoms with E-state index in [1.165, 1.54) is 6.08 Å². The van der Waals surface area contributed by atoms with E-state index in [1.807, 2.05) is 13.8 Å². The van der Waals surface area contributed by atoms with Gasteiger partial charge in [-0.15, -0.1) is 0 Å². The van der Waals surface area contributed by atoms with Gasteiger partial charge in [-0.25, -0.2) is 0 Å². The molecular formula is C20H22CoN2O4. The van der Waals surface area contributed by atoms with E-state index in [9.17, 15) is 10.2 Å². The van der Waals surface area contributed by atoms with Crippen molar-refractivity contribution in [3.8, 4) is 23.0 Å². The van der Waals surface area contributed by atoms with Crippen LogP contribution in [0, 0.1) is 0 Å². The first-order chi connectivity index (χ1) is 13.0. The second kappa shape index (κ2) is 9.79. The average molecular weight is 413 g/mol. The fraction of sp³-hybridized carbons (Fsp3) is 0.200. The van der Waals surface area contributed by atoms with Gasteiger partial charge in [0.2, 0.25) is 0 Å². The summed E-state index contributed by atoms with van der Waals surface area (Å²) in [5.74, 6) is 0.656. The van der Waals surface area contributed by atoms with Crippen LogP contribution in [0.15, 0.2) is 47.8 Å². The molecule has 0 saturated heterocycles. The number of aromatic hydroxyl groups is 2. The number of hydrogen-bond donors (Lipinski definition) is 3. The first-order valence-corrected chi connectivity index (χ1v) is 8.93. The summed E-state index contributed by atoms with van der Waals surface area (Å²) in [6.45, 7) is 4.51. The van der Waals surface area contributed by atoms with E-state index in [2.05, 4.69) is 20.3 Å². The van der Waals surface area contributed by atoms with Crippen molar-refractivity contribution in [3.05, 3.63) is 58.9 Å². The molecule has 0 aliphatic carbocycles. The van der Waals surface area contributed by atoms with Gasteiger partial charge in [0.1, 0.15) is 0 Å². The van der Waals surface area contributed by atoms with Gasteiger partial charge < -0.3 is 0 Å². The Labute approximate surface area is 167 Å². The van der Waals surface area contributed by atoms with Crippen LogP contribution >= 0.6 is 0 Å². The number of hydrogen-bond acceptors (Lipinski definition) is 5. The van der Waals surface area contributed by atoms with E-state index in [1.54, 1.807) is 42.5 Å². The summed E-state index contributed by atoms with van der Waals surface area (Å²) < 4.78 is 13.4. The van der Waals surface area contributed by atoms with Crippen LogP contribution in [-0.2, 0) is 16.0 Å². The third-order valence-corrected chi connectivity index (χ3v) is 3.92. The Kier molecular flexibility index (Phi) is 7.45. The van der Waals surface area contributed by atoms with Crippen molar-refractivity contribution in [2.24, 2.45) is 0 Å². The second-order valence-corrected chi connectivity index (χ2v) is 5.71. The van der Waals surface area contributed by atoms with Crippen molar-refractivity contribution >= 4 is 12.2 Å². The molecule has 2 aromatic carbocycles. The summed E-state index contributed by atoms with van der Waals surface area (Å²) in [5, 5.41) is 20.6. The van der Waals surface area contributed by atoms with Gasteiger partial charge >= 0.3 is 167 Å². The number of benzene rings is 2. The van der Waals surface area contributed by atoms with Crippen LogP contribution in [0.3, 0.4) is 0 Å². The molecule has 145 valence electrons. The fourth-order valence-electron chi connectivity index (χ4n) is 2.39. The molecule has 0 aliphatic heterocycles. The summed E-state index contributed by atoms with van der Waals surface area (Å²) in [7, 11) is 0. The zero-order chi connectivity index (χ0) is 19.8. The minimum atomic E-state index is -0.0387. The molecule has 4 N–H and O–H groups in total. The molecule has 0 fully saturated rings. The summed E-state index contributed by atoms with van der Waals surface area (Å²) in [6.07, 6.45) is 3.06. The number of para-hydroxylation sites is 2. The third kappa shape index (κ3) is 5.12. The molecular weight excluding hydrogens is 391 g/mol. The third-order valence-electron chi connectivity index (χ3n) is 3.64. The Morgan fingerprint density at radius 2 is 1.44 bits per heavy atom. The first-order valence-electron chi connectivity index (χ1n) is 8.41. The number of phenolic OH excluding ortho intramolecular Hbond substituents is 2. The summed E-state index contributed by atoms with van der Waals surface area (Å²) in [5.41, 5.74) is 9.61. The molecule has 2 rings (SSSR count). The van der Waals surface area contributed by atoms with Gasteiger partial charge in [-0.1, -0.05) is 0 Å². The Morgan fingerprint density at radius 3 is 1.89 bits per heavy atom. The normalized spacial score (nSPS) is 12.0. The van der Waals surface area contributed by atoms with Crippen LogP contribution in [0.4, 0.5) is 0 Å². The molecule has 0 bridgehead atoms. The van der Waals surface area contributed by atoms with Crippen LogP contribution in [0.1, 0.15) is 25.0 Å². The molecule has 1 radical (unpaired) electrons. The van der Waals surface area contributed by atoms with Crippen molar-refractivity contribution in [3.63, 3.8) is 0 Å². The Hall–Kier alpha value is -2.77. The number of phenols is 2. The standard InChI is InChI=1S/C20H22N2O4.Co/c1-3-25-17-9-5-7-13(19(17)23)11-15(21)16(22)12-14-8-6-10-18(20(14)24)26-4-2;/h5-12,21-24H,3-4H2,1-2H3;/q-1;+1. The Morgan fingerprint density at radius 1 is 0.963 bits per heavy atom. The second-order valence-electron chi connectivity index (χ2n) is 5.45. The average Bonchev–Trinajstić information content (AvgIpc) is 2.66. The predicted molar refractivity (Wildman–Crippen MR) is 101 cm³/mol. The molecule has 0 aliphatic rings. The summed E-state index contributed by atoms with van der Waals surface area (Å²) >= 11 is 4.11. The van der Waals surface area contributed by atoms with Crippen molar-refractivity contribution in [2.45, 2.75) is 13.8 Å². The van der Waals surface area contributed by atoms with E-state index in [0.29, 0.717) is 41.5 Å². The molecule has 0 unspecified atom stereocenters. The van der Waals surface area contributed by atoms with Gasteiger partial charge in [0.25, 0.3) is 0 Å². The van der Waals surface area contributed by atoms with Crippen LogP contribution < -0.4 is 19.6 Å². The number of nitrogens with one attached hydrogen (secondary N) is 2. The van der Waals surface area contributed by atoms with Crippen LogP contribution in [0.2, 0.25) is 0 Å². The fourth-order valence-corrected chi connectivity index (χ4v) is 2.61. The molecule has 6 nitrogen and oxygen atoms in total. The molecule has 7 heteroatoms. The monoisotopic (exact) mass is 413 g/mol. The van der Waals surface area contributed by atoms with Crippen LogP contribution in [-0.4, -0.2) is 23.4 Å². The zero-order valence-corrected chi connectivity index (χ0v) is 16.1. The molecule has 0 aromatic heterocycles. The first kappa shape index (κ1) is 20.5. The van der Waals surface area contributed by atoms with Crippen molar-refractivity contribution < 1.29 is 35.6 Å². The van der Waals surface area contributed by atoms with E-state index in [-0.39, 0.29) is 17.2 Å². The predicted octanol–water partition coefficient (Wildman–Crippen LogP) is 3.61. The van der Waals surface area contributed by atoms with Crippen LogP contribution in [0.5, 0.6) is 23.0 Å². The van der Waals surface area contributed by atoms with Crippen molar-refractivity contribution in [2.75, 3.05) is 13.2 Å². The van der Waals surface area contributed by atoms with Gasteiger partial charge in [-0.2, -0.15) is 0 Å². The van der Waals surface area contributed by atoms with Crippen molar-refractivity contribution in [1.29, 1.82) is 0 Å². The SMILES string of the molecule is CCOc1cccc(C=C([NH])C(=Cc2cccc(OCC)c2O)[NH][Co])c1O. The maximum atomic E-state index is 10.3. The van der Waals surface area contributed by atoms with Gasteiger partial charge in [0.05, 0.1) is 0 Å². The molecule has 0 atom stereocenters. The van der Waals surface area contributed by atoms with Crippen LogP contribution in [0.25, 0.3) is 12.2 Å². The number of ether oxygens (including phenoxy) is 2. The Balaban J connectivity index is 2.40. The molecule has 0 amide bonds.